The molecule has 0 fully saturated rings. The van der Waals surface area contributed by atoms with Crippen molar-refractivity contribution >= 4 is 33.1 Å². The van der Waals surface area contributed by atoms with E-state index in [1.165, 1.54) is 6.92 Å². The van der Waals surface area contributed by atoms with Crippen LogP contribution in [0.4, 0.5) is 5.69 Å². The summed E-state index contributed by atoms with van der Waals surface area (Å²) in [5.41, 5.74) is 3.47. The van der Waals surface area contributed by atoms with Gasteiger partial charge in [-0.1, -0.05) is 23.4 Å². The van der Waals surface area contributed by atoms with E-state index in [1.54, 1.807) is 23.5 Å². The predicted molar refractivity (Wildman–Crippen MR) is 117 cm³/mol. The summed E-state index contributed by atoms with van der Waals surface area (Å²) in [6, 6.07) is 19.4. The third-order valence-electron chi connectivity index (χ3n) is 4.64. The summed E-state index contributed by atoms with van der Waals surface area (Å²) < 4.78 is 7.42. The Kier molecular flexibility index (Phi) is 4.40. The second-order valence-electron chi connectivity index (χ2n) is 6.84. The molecule has 0 aliphatic heterocycles. The molecule has 0 atom stereocenters. The minimum absolute atomic E-state index is 0.114. The Balaban J connectivity index is 1.48. The van der Waals surface area contributed by atoms with E-state index < -0.39 is 0 Å². The van der Waals surface area contributed by atoms with Crippen molar-refractivity contribution in [3.05, 3.63) is 66.4 Å². The van der Waals surface area contributed by atoms with Gasteiger partial charge < -0.3 is 9.84 Å². The highest BCUT2D eigenvalue weighted by atomic mass is 32.1. The summed E-state index contributed by atoms with van der Waals surface area (Å²) in [6.45, 7) is 3.47. The number of anilines is 1. The Bertz CT molecular complexity index is 1350. The Hall–Kier alpha value is -3.78. The van der Waals surface area contributed by atoms with Gasteiger partial charge >= 0.3 is 0 Å². The summed E-state index contributed by atoms with van der Waals surface area (Å²) in [7, 11) is 0. The van der Waals surface area contributed by atoms with Crippen molar-refractivity contribution in [2.45, 2.75) is 13.8 Å². The largest absolute Gasteiger partial charge is 0.334 e. The molecular formula is C22H17N5O2S. The van der Waals surface area contributed by atoms with E-state index in [1.807, 2.05) is 54.1 Å². The van der Waals surface area contributed by atoms with Crippen LogP contribution >= 0.6 is 11.3 Å². The van der Waals surface area contributed by atoms with Crippen LogP contribution in [0.3, 0.4) is 0 Å². The molecule has 2 aromatic carbocycles. The number of aryl methyl sites for hydroxylation is 1. The molecule has 0 saturated heterocycles. The van der Waals surface area contributed by atoms with Crippen LogP contribution in [-0.2, 0) is 4.79 Å². The van der Waals surface area contributed by atoms with Crippen LogP contribution in [-0.4, -0.2) is 25.8 Å². The SMILES string of the molecule is CC(=O)Nc1ccc(-c2nc(-c3cc4c(C)nn(-c5ccccc5)c4s3)no2)cc1. The van der Waals surface area contributed by atoms with Gasteiger partial charge in [-0.15, -0.1) is 11.3 Å². The fourth-order valence-electron chi connectivity index (χ4n) is 3.24. The predicted octanol–water partition coefficient (Wildman–Crippen LogP) is 5.07. The van der Waals surface area contributed by atoms with Crippen molar-refractivity contribution in [3.8, 4) is 27.8 Å². The molecule has 0 spiro atoms. The number of aromatic nitrogens is 4. The maximum atomic E-state index is 11.2. The average molecular weight is 415 g/mol. The van der Waals surface area contributed by atoms with Crippen molar-refractivity contribution in [3.63, 3.8) is 0 Å². The normalized spacial score (nSPS) is 11.1. The van der Waals surface area contributed by atoms with Crippen LogP contribution in [0.5, 0.6) is 0 Å². The molecule has 30 heavy (non-hydrogen) atoms. The molecule has 8 heteroatoms. The standard InChI is InChI=1S/C22H17N5O2S/c1-13-18-12-19(30-22(18)27(25-13)17-6-4-3-5-7-17)20-24-21(29-26-20)15-8-10-16(11-9-15)23-14(2)28/h3-12H,1-2H3,(H,23,28). The highest BCUT2D eigenvalue weighted by Crippen LogP contribution is 2.35. The van der Waals surface area contributed by atoms with Gasteiger partial charge in [0.2, 0.25) is 11.7 Å². The number of para-hydroxylation sites is 1. The van der Waals surface area contributed by atoms with Gasteiger partial charge in [0.25, 0.3) is 5.89 Å². The summed E-state index contributed by atoms with van der Waals surface area (Å²) in [5, 5.41) is 12.6. The van der Waals surface area contributed by atoms with E-state index >= 15 is 0 Å². The van der Waals surface area contributed by atoms with Crippen molar-refractivity contribution in [1.29, 1.82) is 0 Å². The molecule has 1 N–H and O–H groups in total. The highest BCUT2D eigenvalue weighted by molar-refractivity contribution is 7.21. The Morgan fingerprint density at radius 1 is 1.10 bits per heavy atom. The quantitative estimate of drug-likeness (QED) is 0.443. The molecule has 3 aromatic heterocycles. The van der Waals surface area contributed by atoms with Crippen LogP contribution in [0, 0.1) is 6.92 Å². The summed E-state index contributed by atoms with van der Waals surface area (Å²) in [6.07, 6.45) is 0. The zero-order chi connectivity index (χ0) is 20.7. The molecule has 0 unspecified atom stereocenters. The summed E-state index contributed by atoms with van der Waals surface area (Å²) in [4.78, 5) is 17.7. The molecule has 0 bridgehead atoms. The van der Waals surface area contributed by atoms with Gasteiger partial charge in [-0.05, 0) is 49.4 Å². The van der Waals surface area contributed by atoms with Crippen molar-refractivity contribution < 1.29 is 9.32 Å². The van der Waals surface area contributed by atoms with Crippen LogP contribution in [0.1, 0.15) is 12.6 Å². The number of carbonyl (C=O) groups excluding carboxylic acids is 1. The number of carbonyl (C=O) groups is 1. The molecule has 0 aliphatic carbocycles. The van der Waals surface area contributed by atoms with E-state index in [4.69, 9.17) is 4.52 Å². The van der Waals surface area contributed by atoms with E-state index in [0.717, 1.165) is 37.7 Å². The molecule has 7 nitrogen and oxygen atoms in total. The van der Waals surface area contributed by atoms with Gasteiger partial charge in [-0.25, -0.2) is 4.68 Å². The van der Waals surface area contributed by atoms with E-state index in [9.17, 15) is 4.79 Å². The number of fused-ring (bicyclic) bond motifs is 1. The van der Waals surface area contributed by atoms with Crippen LogP contribution in [0.2, 0.25) is 0 Å². The van der Waals surface area contributed by atoms with Crippen LogP contribution < -0.4 is 5.32 Å². The zero-order valence-electron chi connectivity index (χ0n) is 16.3. The molecule has 0 radical (unpaired) electrons. The van der Waals surface area contributed by atoms with E-state index in [-0.39, 0.29) is 5.91 Å². The average Bonchev–Trinajstić information content (AvgIpc) is 3.45. The van der Waals surface area contributed by atoms with Crippen LogP contribution in [0.15, 0.2) is 65.2 Å². The molecule has 5 aromatic rings. The first-order chi connectivity index (χ1) is 14.6. The Morgan fingerprint density at radius 3 is 2.60 bits per heavy atom. The van der Waals surface area contributed by atoms with Crippen molar-refractivity contribution in [1.82, 2.24) is 19.9 Å². The lowest BCUT2D eigenvalue weighted by Gasteiger charge is -2.01. The number of benzene rings is 2. The number of hydrogen-bond donors (Lipinski definition) is 1. The number of amides is 1. The first-order valence-electron chi connectivity index (χ1n) is 9.35. The van der Waals surface area contributed by atoms with E-state index in [0.29, 0.717) is 11.7 Å². The van der Waals surface area contributed by atoms with Gasteiger partial charge in [0.1, 0.15) is 4.83 Å². The Labute approximate surface area is 176 Å². The van der Waals surface area contributed by atoms with Gasteiger partial charge in [-0.2, -0.15) is 10.1 Å². The maximum Gasteiger partial charge on any atom is 0.258 e. The highest BCUT2D eigenvalue weighted by Gasteiger charge is 2.18. The smallest absolute Gasteiger partial charge is 0.258 e. The summed E-state index contributed by atoms with van der Waals surface area (Å²) >= 11 is 1.58. The topological polar surface area (TPSA) is 85.8 Å². The van der Waals surface area contributed by atoms with Gasteiger partial charge in [-0.3, -0.25) is 4.79 Å². The lowest BCUT2D eigenvalue weighted by atomic mass is 10.2. The molecule has 148 valence electrons. The first-order valence-corrected chi connectivity index (χ1v) is 10.2. The fourth-order valence-corrected chi connectivity index (χ4v) is 4.35. The maximum absolute atomic E-state index is 11.2. The Morgan fingerprint density at radius 2 is 1.87 bits per heavy atom. The molecule has 0 aliphatic rings. The summed E-state index contributed by atoms with van der Waals surface area (Å²) in [5.74, 6) is 0.853. The van der Waals surface area contributed by atoms with Gasteiger partial charge in [0.05, 0.1) is 16.3 Å². The van der Waals surface area contributed by atoms with Gasteiger partial charge in [0, 0.05) is 23.6 Å². The fraction of sp³-hybridized carbons (Fsp3) is 0.0909. The monoisotopic (exact) mass is 415 g/mol. The third-order valence-corrected chi connectivity index (χ3v) is 5.75. The minimum atomic E-state index is -0.114. The van der Waals surface area contributed by atoms with Crippen molar-refractivity contribution in [2.75, 3.05) is 5.32 Å². The number of nitrogens with one attached hydrogen (secondary N) is 1. The molecule has 1 amide bonds. The van der Waals surface area contributed by atoms with Crippen molar-refractivity contribution in [2.24, 2.45) is 0 Å². The lowest BCUT2D eigenvalue weighted by molar-refractivity contribution is -0.114. The van der Waals surface area contributed by atoms with E-state index in [2.05, 4.69) is 26.6 Å². The number of thiophene rings is 1. The second-order valence-corrected chi connectivity index (χ2v) is 7.87. The lowest BCUT2D eigenvalue weighted by Crippen LogP contribution is -2.05. The second kappa shape index (κ2) is 7.23. The number of rotatable bonds is 4. The minimum Gasteiger partial charge on any atom is -0.334 e. The third kappa shape index (κ3) is 3.27. The molecule has 0 saturated carbocycles. The van der Waals surface area contributed by atoms with Crippen LogP contribution in [0.25, 0.3) is 38.1 Å². The molecule has 5 rings (SSSR count). The first kappa shape index (κ1) is 18.3. The van der Waals surface area contributed by atoms with Gasteiger partial charge in [0.15, 0.2) is 0 Å². The number of hydrogen-bond acceptors (Lipinski definition) is 6. The molecular weight excluding hydrogens is 398 g/mol. The number of nitrogens with zero attached hydrogens (tertiary/aromatic N) is 4. The molecule has 3 heterocycles. The zero-order valence-corrected chi connectivity index (χ0v) is 17.1.